The van der Waals surface area contributed by atoms with Crippen LogP contribution in [0.5, 0.6) is 0 Å². The van der Waals surface area contributed by atoms with Crippen LogP contribution in [-0.4, -0.2) is 0 Å². The minimum absolute atomic E-state index is 1.02. The van der Waals surface area contributed by atoms with Crippen molar-refractivity contribution in [3.05, 3.63) is 61.0 Å². The molecule has 1 aliphatic rings. The highest BCUT2D eigenvalue weighted by molar-refractivity contribution is 5.00. The predicted octanol–water partition coefficient (Wildman–Crippen LogP) is 2.82. The molecular weight excluding hydrogens is 182 g/mol. The Bertz CT molecular complexity index is 190. The lowest BCUT2D eigenvalue weighted by molar-refractivity contribution is -0.514. The lowest BCUT2D eigenvalue weighted by Crippen LogP contribution is -2.70. The summed E-state index contributed by atoms with van der Waals surface area (Å²) in [5.74, 6) is 0. The molecular formula is C14H20N+. The molecule has 0 aromatic carbocycles. The van der Waals surface area contributed by atoms with Crippen molar-refractivity contribution in [2.24, 2.45) is 0 Å². The van der Waals surface area contributed by atoms with Gasteiger partial charge in [-0.05, 0) is 37.8 Å². The Morgan fingerprint density at radius 1 is 0.467 bits per heavy atom. The Labute approximate surface area is 92.6 Å². The number of nitrogens with two attached hydrogens (primary N) is 1. The molecule has 1 heterocycles. The summed E-state index contributed by atoms with van der Waals surface area (Å²) in [4.78, 5) is 0. The van der Waals surface area contributed by atoms with Gasteiger partial charge in [0.15, 0.2) is 0 Å². The van der Waals surface area contributed by atoms with Crippen molar-refractivity contribution in [3.63, 3.8) is 0 Å². The van der Waals surface area contributed by atoms with Gasteiger partial charge in [-0.15, -0.1) is 0 Å². The van der Waals surface area contributed by atoms with Crippen LogP contribution in [0.1, 0.15) is 25.7 Å². The molecule has 15 heavy (non-hydrogen) atoms. The van der Waals surface area contributed by atoms with Crippen molar-refractivity contribution < 1.29 is 5.32 Å². The molecule has 0 saturated heterocycles. The van der Waals surface area contributed by atoms with Gasteiger partial charge in [-0.1, -0.05) is 36.5 Å². The van der Waals surface area contributed by atoms with Crippen LogP contribution in [0.15, 0.2) is 61.0 Å². The van der Waals surface area contributed by atoms with Crippen molar-refractivity contribution in [1.29, 1.82) is 0 Å². The predicted molar refractivity (Wildman–Crippen MR) is 66.1 cm³/mol. The van der Waals surface area contributed by atoms with Gasteiger partial charge in [0, 0.05) is 0 Å². The SMILES string of the molecule is C1=C\C/C=C\[NH2+]/C=C\C/C=C/C/C=C\C/1. The van der Waals surface area contributed by atoms with Crippen LogP contribution in [0, 0.1) is 0 Å². The van der Waals surface area contributed by atoms with Crippen LogP contribution in [0.25, 0.3) is 0 Å². The van der Waals surface area contributed by atoms with Crippen molar-refractivity contribution >= 4 is 0 Å². The molecule has 0 fully saturated rings. The average Bonchev–Trinajstić information content (AvgIpc) is 2.27. The second-order valence-electron chi connectivity index (χ2n) is 3.41. The van der Waals surface area contributed by atoms with E-state index in [1.807, 2.05) is 0 Å². The van der Waals surface area contributed by atoms with Crippen molar-refractivity contribution in [2.45, 2.75) is 25.7 Å². The van der Waals surface area contributed by atoms with Gasteiger partial charge in [-0.2, -0.15) is 0 Å². The van der Waals surface area contributed by atoms with E-state index in [4.69, 9.17) is 0 Å². The topological polar surface area (TPSA) is 16.6 Å². The minimum Gasteiger partial charge on any atom is -0.294 e. The number of allylic oxidation sites excluding steroid dienone is 8. The third-order valence-electron chi connectivity index (χ3n) is 2.08. The van der Waals surface area contributed by atoms with Crippen molar-refractivity contribution in [3.8, 4) is 0 Å². The first-order valence-corrected chi connectivity index (χ1v) is 5.60. The molecule has 80 valence electrons. The summed E-state index contributed by atoms with van der Waals surface area (Å²) in [5.41, 5.74) is 0. The first kappa shape index (κ1) is 11.7. The average molecular weight is 202 g/mol. The summed E-state index contributed by atoms with van der Waals surface area (Å²) in [6.45, 7) is 0. The molecule has 2 N–H and O–H groups in total. The summed E-state index contributed by atoms with van der Waals surface area (Å²) in [6, 6.07) is 0. The maximum Gasteiger partial charge on any atom is 0.0934 e. The van der Waals surface area contributed by atoms with Gasteiger partial charge in [-0.25, -0.2) is 0 Å². The molecule has 0 unspecified atom stereocenters. The van der Waals surface area contributed by atoms with E-state index in [1.165, 1.54) is 0 Å². The molecule has 1 aliphatic heterocycles. The Morgan fingerprint density at radius 2 is 0.800 bits per heavy atom. The number of rotatable bonds is 0. The van der Waals surface area contributed by atoms with E-state index >= 15 is 0 Å². The van der Waals surface area contributed by atoms with Crippen LogP contribution in [0.3, 0.4) is 0 Å². The molecule has 1 nitrogen and oxygen atoms in total. The van der Waals surface area contributed by atoms with Gasteiger partial charge < -0.3 is 0 Å². The number of hydrogen-bond acceptors (Lipinski definition) is 0. The van der Waals surface area contributed by atoms with E-state index in [1.54, 1.807) is 0 Å². The van der Waals surface area contributed by atoms with Gasteiger partial charge in [0.2, 0.25) is 0 Å². The third-order valence-corrected chi connectivity index (χ3v) is 2.08. The van der Waals surface area contributed by atoms with Gasteiger partial charge in [0.1, 0.15) is 0 Å². The standard InChI is InChI=1S/C14H19N/c1-2-4-6-8-10-12-14-15-13-11-9-7-5-3-1/h1-2,5-8,11-15H,3-4,9-10H2/p+1/b2-1-,7-5-,8-6+,13-11-,14-12-. The fourth-order valence-corrected chi connectivity index (χ4v) is 1.27. The lowest BCUT2D eigenvalue weighted by atomic mass is 10.2. The van der Waals surface area contributed by atoms with Gasteiger partial charge >= 0.3 is 0 Å². The normalized spacial score (nSPS) is 29.3. The number of quaternary nitrogens is 1. The van der Waals surface area contributed by atoms with Crippen LogP contribution >= 0.6 is 0 Å². The van der Waals surface area contributed by atoms with E-state index < -0.39 is 0 Å². The van der Waals surface area contributed by atoms with E-state index in [0.29, 0.717) is 0 Å². The number of hydrogen-bond donors (Lipinski definition) is 1. The molecule has 0 radical (unpaired) electrons. The lowest BCUT2D eigenvalue weighted by Gasteiger charge is -1.83. The summed E-state index contributed by atoms with van der Waals surface area (Å²) in [5, 5.41) is 2.08. The van der Waals surface area contributed by atoms with E-state index in [-0.39, 0.29) is 0 Å². The van der Waals surface area contributed by atoms with Gasteiger partial charge in [0.25, 0.3) is 0 Å². The Morgan fingerprint density at radius 3 is 1.20 bits per heavy atom. The van der Waals surface area contributed by atoms with Crippen molar-refractivity contribution in [2.75, 3.05) is 0 Å². The zero-order valence-corrected chi connectivity index (χ0v) is 9.18. The molecule has 0 amide bonds. The van der Waals surface area contributed by atoms with Crippen LogP contribution in [0.4, 0.5) is 0 Å². The molecule has 1 heteroatoms. The highest BCUT2D eigenvalue weighted by Crippen LogP contribution is 1.94. The fourth-order valence-electron chi connectivity index (χ4n) is 1.27. The van der Waals surface area contributed by atoms with Crippen molar-refractivity contribution in [1.82, 2.24) is 0 Å². The summed E-state index contributed by atoms with van der Waals surface area (Å²) >= 11 is 0. The summed E-state index contributed by atoms with van der Waals surface area (Å²) in [7, 11) is 0. The van der Waals surface area contributed by atoms with E-state index in [2.05, 4.69) is 66.3 Å². The second-order valence-corrected chi connectivity index (χ2v) is 3.41. The summed E-state index contributed by atoms with van der Waals surface area (Å²) in [6.07, 6.45) is 25.9. The smallest absolute Gasteiger partial charge is 0.0934 e. The highest BCUT2D eigenvalue weighted by Gasteiger charge is 1.78. The van der Waals surface area contributed by atoms with Gasteiger partial charge in [-0.3, -0.25) is 5.32 Å². The minimum atomic E-state index is 1.02. The molecule has 0 aromatic heterocycles. The molecule has 0 spiro atoms. The second kappa shape index (κ2) is 9.22. The first-order chi connectivity index (χ1) is 7.50. The Balaban J connectivity index is 2.41. The maximum atomic E-state index is 2.21. The molecule has 0 aliphatic carbocycles. The molecule has 0 bridgehead atoms. The van der Waals surface area contributed by atoms with Gasteiger partial charge in [0.05, 0.1) is 12.4 Å². The Hall–Kier alpha value is -1.34. The molecule has 0 saturated carbocycles. The molecule has 1 rings (SSSR count). The fraction of sp³-hybridized carbons (Fsp3) is 0.286. The van der Waals surface area contributed by atoms with E-state index in [0.717, 1.165) is 25.7 Å². The maximum absolute atomic E-state index is 2.21. The zero-order chi connectivity index (χ0) is 10.6. The van der Waals surface area contributed by atoms with Crippen LogP contribution < -0.4 is 5.32 Å². The summed E-state index contributed by atoms with van der Waals surface area (Å²) < 4.78 is 0. The largest absolute Gasteiger partial charge is 0.294 e. The van der Waals surface area contributed by atoms with Crippen LogP contribution in [0.2, 0.25) is 0 Å². The Kier molecular flexibility index (Phi) is 7.22. The first-order valence-electron chi connectivity index (χ1n) is 5.60. The monoisotopic (exact) mass is 202 g/mol. The van der Waals surface area contributed by atoms with Crippen LogP contribution in [-0.2, 0) is 0 Å². The third kappa shape index (κ3) is 7.71. The molecule has 0 atom stereocenters. The molecule has 0 aromatic rings. The van der Waals surface area contributed by atoms with E-state index in [9.17, 15) is 0 Å². The zero-order valence-electron chi connectivity index (χ0n) is 9.18. The highest BCUT2D eigenvalue weighted by atomic mass is 14.8. The quantitative estimate of drug-likeness (QED) is 0.582.